The van der Waals surface area contributed by atoms with Gasteiger partial charge in [0.25, 0.3) is 5.91 Å². The van der Waals surface area contributed by atoms with Gasteiger partial charge in [0.1, 0.15) is 6.04 Å². The summed E-state index contributed by atoms with van der Waals surface area (Å²) in [5.41, 5.74) is 3.79. The molecule has 2 N–H and O–H groups in total. The number of hydrogen-bond acceptors (Lipinski definition) is 5. The standard InChI is InChI=1S/C28H22N6O/c1-18-24(27(35)31-21-12-3-2-4-13-21)25(20-11-8-16-29-17-20)34-28(30-18)32-26(33-34)23-15-7-10-19-9-5-6-14-22(19)23/h2-17,25H,1H3,(H,31,35)(H,30,32,33). The van der Waals surface area contributed by atoms with Gasteiger partial charge < -0.3 is 10.6 Å². The van der Waals surface area contributed by atoms with Crippen LogP contribution in [0, 0.1) is 0 Å². The molecule has 35 heavy (non-hydrogen) atoms. The number of aromatic nitrogens is 4. The van der Waals surface area contributed by atoms with E-state index in [2.05, 4.69) is 33.8 Å². The number of fused-ring (bicyclic) bond motifs is 2. The third-order valence-corrected chi connectivity index (χ3v) is 6.16. The Morgan fingerprint density at radius 2 is 1.74 bits per heavy atom. The Balaban J connectivity index is 1.47. The molecule has 0 aliphatic carbocycles. The molecule has 1 unspecified atom stereocenters. The first-order valence-corrected chi connectivity index (χ1v) is 11.4. The lowest BCUT2D eigenvalue weighted by atomic mass is 9.96. The molecular formula is C28H22N6O. The van der Waals surface area contributed by atoms with Crippen molar-refractivity contribution < 1.29 is 4.79 Å². The minimum Gasteiger partial charge on any atom is -0.328 e. The van der Waals surface area contributed by atoms with E-state index in [1.165, 1.54) is 0 Å². The second-order valence-corrected chi connectivity index (χ2v) is 8.40. The fourth-order valence-corrected chi connectivity index (χ4v) is 4.55. The summed E-state index contributed by atoms with van der Waals surface area (Å²) in [5, 5.41) is 13.4. The van der Waals surface area contributed by atoms with E-state index >= 15 is 0 Å². The van der Waals surface area contributed by atoms with Gasteiger partial charge >= 0.3 is 0 Å². The number of anilines is 2. The van der Waals surface area contributed by atoms with Gasteiger partial charge in [-0.2, -0.15) is 4.98 Å². The summed E-state index contributed by atoms with van der Waals surface area (Å²) in [4.78, 5) is 22.7. The molecule has 1 atom stereocenters. The predicted octanol–water partition coefficient (Wildman–Crippen LogP) is 5.42. The Hall–Kier alpha value is -4.78. The average molecular weight is 459 g/mol. The summed E-state index contributed by atoms with van der Waals surface area (Å²) in [6.07, 6.45) is 3.48. The number of para-hydroxylation sites is 1. The number of amides is 1. The third kappa shape index (κ3) is 3.73. The molecule has 7 nitrogen and oxygen atoms in total. The number of carbonyl (C=O) groups is 1. The minimum absolute atomic E-state index is 0.206. The second kappa shape index (κ2) is 8.53. The zero-order chi connectivity index (χ0) is 23.8. The van der Waals surface area contributed by atoms with Crippen LogP contribution in [-0.4, -0.2) is 25.7 Å². The third-order valence-electron chi connectivity index (χ3n) is 6.16. The summed E-state index contributed by atoms with van der Waals surface area (Å²) in [6, 6.07) is 27.0. The topological polar surface area (TPSA) is 84.7 Å². The molecule has 5 aromatic rings. The lowest BCUT2D eigenvalue weighted by Gasteiger charge is -2.28. The zero-order valence-corrected chi connectivity index (χ0v) is 19.0. The van der Waals surface area contributed by atoms with Crippen LogP contribution in [0.1, 0.15) is 18.5 Å². The maximum Gasteiger partial charge on any atom is 0.255 e. The Morgan fingerprint density at radius 3 is 2.57 bits per heavy atom. The summed E-state index contributed by atoms with van der Waals surface area (Å²) in [5.74, 6) is 0.967. The lowest BCUT2D eigenvalue weighted by Crippen LogP contribution is -2.31. The molecule has 1 amide bonds. The van der Waals surface area contributed by atoms with E-state index in [-0.39, 0.29) is 5.91 Å². The van der Waals surface area contributed by atoms with Crippen molar-refractivity contribution in [3.8, 4) is 11.4 Å². The van der Waals surface area contributed by atoms with Crippen LogP contribution < -0.4 is 10.6 Å². The number of allylic oxidation sites excluding steroid dienone is 1. The molecule has 0 fully saturated rings. The summed E-state index contributed by atoms with van der Waals surface area (Å²) in [6.45, 7) is 1.89. The van der Waals surface area contributed by atoms with E-state index in [0.717, 1.165) is 33.3 Å². The van der Waals surface area contributed by atoms with E-state index in [1.54, 1.807) is 17.1 Å². The van der Waals surface area contributed by atoms with E-state index in [4.69, 9.17) is 10.1 Å². The Labute approximate surface area is 202 Å². The molecular weight excluding hydrogens is 436 g/mol. The summed E-state index contributed by atoms with van der Waals surface area (Å²) < 4.78 is 1.78. The number of nitrogens with zero attached hydrogens (tertiary/aromatic N) is 4. The average Bonchev–Trinajstić information content (AvgIpc) is 3.32. The van der Waals surface area contributed by atoms with Crippen molar-refractivity contribution in [3.05, 3.63) is 114 Å². The first-order chi connectivity index (χ1) is 17.2. The van der Waals surface area contributed by atoms with Crippen LogP contribution in [0.15, 0.2) is 109 Å². The first kappa shape index (κ1) is 20.8. The Bertz CT molecular complexity index is 1570. The lowest BCUT2D eigenvalue weighted by molar-refractivity contribution is -0.113. The van der Waals surface area contributed by atoms with Crippen LogP contribution in [0.25, 0.3) is 22.2 Å². The highest BCUT2D eigenvalue weighted by atomic mass is 16.1. The molecule has 1 aliphatic heterocycles. The molecule has 0 saturated carbocycles. The van der Waals surface area contributed by atoms with E-state index < -0.39 is 6.04 Å². The van der Waals surface area contributed by atoms with Gasteiger partial charge in [0.2, 0.25) is 5.95 Å². The van der Waals surface area contributed by atoms with Crippen molar-refractivity contribution in [1.82, 2.24) is 19.7 Å². The Kier molecular flexibility index (Phi) is 5.07. The van der Waals surface area contributed by atoms with Gasteiger partial charge in [-0.25, -0.2) is 4.68 Å². The fourth-order valence-electron chi connectivity index (χ4n) is 4.55. The van der Waals surface area contributed by atoms with E-state index in [9.17, 15) is 4.79 Å². The number of hydrogen-bond donors (Lipinski definition) is 2. The molecule has 3 aromatic carbocycles. The SMILES string of the molecule is CC1=C(C(=O)Nc2ccccc2)C(c2cccnc2)n2nc(-c3cccc4ccccc34)nc2N1. The highest BCUT2D eigenvalue weighted by Gasteiger charge is 2.34. The minimum atomic E-state index is -0.486. The zero-order valence-electron chi connectivity index (χ0n) is 19.0. The quantitative estimate of drug-likeness (QED) is 0.376. The van der Waals surface area contributed by atoms with Crippen molar-refractivity contribution in [2.75, 3.05) is 10.6 Å². The molecule has 2 aromatic heterocycles. The van der Waals surface area contributed by atoms with Crippen LogP contribution in [0.3, 0.4) is 0 Å². The molecule has 6 rings (SSSR count). The number of rotatable bonds is 4. The molecule has 0 saturated heterocycles. The van der Waals surface area contributed by atoms with Gasteiger partial charge in [0.15, 0.2) is 5.82 Å². The molecule has 7 heteroatoms. The van der Waals surface area contributed by atoms with E-state index in [0.29, 0.717) is 17.3 Å². The molecule has 0 bridgehead atoms. The predicted molar refractivity (Wildman–Crippen MR) is 137 cm³/mol. The molecule has 170 valence electrons. The molecule has 0 radical (unpaired) electrons. The van der Waals surface area contributed by atoms with E-state index in [1.807, 2.05) is 73.7 Å². The van der Waals surface area contributed by atoms with Gasteiger partial charge in [-0.3, -0.25) is 9.78 Å². The first-order valence-electron chi connectivity index (χ1n) is 11.4. The van der Waals surface area contributed by atoms with Gasteiger partial charge in [-0.05, 0) is 41.5 Å². The van der Waals surface area contributed by atoms with Crippen LogP contribution in [-0.2, 0) is 4.79 Å². The normalized spacial score (nSPS) is 14.9. The monoisotopic (exact) mass is 458 g/mol. The summed E-state index contributed by atoms with van der Waals surface area (Å²) >= 11 is 0. The van der Waals surface area contributed by atoms with Crippen molar-refractivity contribution in [2.24, 2.45) is 0 Å². The van der Waals surface area contributed by atoms with Crippen molar-refractivity contribution in [1.29, 1.82) is 0 Å². The van der Waals surface area contributed by atoms with Crippen molar-refractivity contribution in [3.63, 3.8) is 0 Å². The highest BCUT2D eigenvalue weighted by molar-refractivity contribution is 6.06. The number of benzene rings is 3. The largest absolute Gasteiger partial charge is 0.328 e. The number of nitrogens with one attached hydrogen (secondary N) is 2. The second-order valence-electron chi connectivity index (χ2n) is 8.40. The van der Waals surface area contributed by atoms with Gasteiger partial charge in [0.05, 0.1) is 5.57 Å². The maximum absolute atomic E-state index is 13.5. The molecule has 1 aliphatic rings. The highest BCUT2D eigenvalue weighted by Crippen LogP contribution is 2.37. The van der Waals surface area contributed by atoms with Crippen LogP contribution in [0.5, 0.6) is 0 Å². The fraction of sp³-hybridized carbons (Fsp3) is 0.0714. The molecule has 0 spiro atoms. The van der Waals surface area contributed by atoms with Gasteiger partial charge in [0, 0.05) is 29.3 Å². The van der Waals surface area contributed by atoms with Crippen molar-refractivity contribution in [2.45, 2.75) is 13.0 Å². The Morgan fingerprint density at radius 1 is 0.943 bits per heavy atom. The van der Waals surface area contributed by atoms with Gasteiger partial charge in [-0.15, -0.1) is 5.10 Å². The van der Waals surface area contributed by atoms with Crippen LogP contribution in [0.4, 0.5) is 11.6 Å². The number of carbonyl (C=O) groups excluding carboxylic acids is 1. The van der Waals surface area contributed by atoms with Crippen LogP contribution >= 0.6 is 0 Å². The van der Waals surface area contributed by atoms with Gasteiger partial charge in [-0.1, -0.05) is 66.7 Å². The number of pyridine rings is 1. The van der Waals surface area contributed by atoms with Crippen LogP contribution in [0.2, 0.25) is 0 Å². The molecule has 3 heterocycles. The summed E-state index contributed by atoms with van der Waals surface area (Å²) in [7, 11) is 0. The van der Waals surface area contributed by atoms with Crippen molar-refractivity contribution >= 4 is 28.3 Å². The smallest absolute Gasteiger partial charge is 0.255 e. The maximum atomic E-state index is 13.5.